The van der Waals surface area contributed by atoms with Crippen LogP contribution in [-0.2, 0) is 16.1 Å². The second-order valence-corrected chi connectivity index (χ2v) is 7.72. The third kappa shape index (κ3) is 5.47. The Bertz CT molecular complexity index is 656. The summed E-state index contributed by atoms with van der Waals surface area (Å²) in [5.74, 6) is 0.100. The largest absolute Gasteiger partial charge is 0.352 e. The molecular formula is C19H28N4O3. The average Bonchev–Trinajstić information content (AvgIpc) is 2.59. The topological polar surface area (TPSA) is 105 Å². The van der Waals surface area contributed by atoms with Crippen molar-refractivity contribution >= 4 is 23.5 Å². The summed E-state index contributed by atoms with van der Waals surface area (Å²) < 4.78 is 0. The predicted molar refractivity (Wildman–Crippen MR) is 100 cm³/mol. The fourth-order valence-electron chi connectivity index (χ4n) is 3.00. The number of primary amides is 1. The maximum atomic E-state index is 12.4. The van der Waals surface area contributed by atoms with Crippen molar-refractivity contribution in [2.75, 3.05) is 18.4 Å². The SMILES string of the molecule is CC(C)(C)C(=O)N1CCC(C(=O)NCc2ccc(NC(N)=O)cc2)CC1. The molecule has 0 unspecified atom stereocenters. The number of amides is 4. The van der Waals surface area contributed by atoms with Crippen molar-refractivity contribution in [3.8, 4) is 0 Å². The highest BCUT2D eigenvalue weighted by Crippen LogP contribution is 2.23. The van der Waals surface area contributed by atoms with Gasteiger partial charge in [-0.2, -0.15) is 0 Å². The molecule has 7 nitrogen and oxygen atoms in total. The summed E-state index contributed by atoms with van der Waals surface area (Å²) in [5, 5.41) is 5.44. The molecule has 1 fully saturated rings. The van der Waals surface area contributed by atoms with Crippen LogP contribution in [0.15, 0.2) is 24.3 Å². The van der Waals surface area contributed by atoms with Gasteiger partial charge in [0.2, 0.25) is 11.8 Å². The van der Waals surface area contributed by atoms with Crippen LogP contribution in [0.1, 0.15) is 39.2 Å². The van der Waals surface area contributed by atoms with Gasteiger partial charge in [0.1, 0.15) is 0 Å². The molecule has 1 aliphatic rings. The van der Waals surface area contributed by atoms with E-state index in [0.29, 0.717) is 38.2 Å². The third-order valence-corrected chi connectivity index (χ3v) is 4.48. The van der Waals surface area contributed by atoms with Crippen molar-refractivity contribution in [1.29, 1.82) is 0 Å². The Hall–Kier alpha value is -2.57. The number of nitrogens with zero attached hydrogens (tertiary/aromatic N) is 1. The lowest BCUT2D eigenvalue weighted by molar-refractivity contribution is -0.142. The van der Waals surface area contributed by atoms with E-state index in [4.69, 9.17) is 5.73 Å². The van der Waals surface area contributed by atoms with E-state index < -0.39 is 6.03 Å². The summed E-state index contributed by atoms with van der Waals surface area (Å²) in [6, 6.07) is 6.53. The van der Waals surface area contributed by atoms with Crippen molar-refractivity contribution in [1.82, 2.24) is 10.2 Å². The lowest BCUT2D eigenvalue weighted by atomic mass is 9.90. The number of carbonyl (C=O) groups is 3. The molecule has 1 aromatic carbocycles. The fourth-order valence-corrected chi connectivity index (χ4v) is 3.00. The van der Waals surface area contributed by atoms with E-state index in [1.54, 1.807) is 12.1 Å². The van der Waals surface area contributed by atoms with Crippen LogP contribution in [0.2, 0.25) is 0 Å². The fraction of sp³-hybridized carbons (Fsp3) is 0.526. The number of likely N-dealkylation sites (tertiary alicyclic amines) is 1. The van der Waals surface area contributed by atoms with Gasteiger partial charge in [0.15, 0.2) is 0 Å². The number of carbonyl (C=O) groups excluding carboxylic acids is 3. The molecule has 142 valence electrons. The van der Waals surface area contributed by atoms with E-state index in [1.165, 1.54) is 0 Å². The van der Waals surface area contributed by atoms with Crippen LogP contribution in [0.5, 0.6) is 0 Å². The molecule has 1 heterocycles. The normalized spacial score (nSPS) is 15.4. The van der Waals surface area contributed by atoms with Gasteiger partial charge in [0.25, 0.3) is 0 Å². The number of piperidine rings is 1. The number of hydrogen-bond acceptors (Lipinski definition) is 3. The van der Waals surface area contributed by atoms with Gasteiger partial charge in [-0.1, -0.05) is 32.9 Å². The van der Waals surface area contributed by atoms with Crippen LogP contribution < -0.4 is 16.4 Å². The highest BCUT2D eigenvalue weighted by molar-refractivity contribution is 5.87. The van der Waals surface area contributed by atoms with Gasteiger partial charge in [0.05, 0.1) is 0 Å². The zero-order chi connectivity index (χ0) is 19.3. The number of benzene rings is 1. The highest BCUT2D eigenvalue weighted by Gasteiger charge is 2.32. The summed E-state index contributed by atoms with van der Waals surface area (Å²) in [6.45, 7) is 7.43. The van der Waals surface area contributed by atoms with Crippen molar-refractivity contribution in [2.24, 2.45) is 17.1 Å². The molecule has 0 bridgehead atoms. The predicted octanol–water partition coefficient (Wildman–Crippen LogP) is 2.08. The monoisotopic (exact) mass is 360 g/mol. The first-order valence-electron chi connectivity index (χ1n) is 8.89. The first-order valence-corrected chi connectivity index (χ1v) is 8.89. The smallest absolute Gasteiger partial charge is 0.316 e. The van der Waals surface area contributed by atoms with Crippen LogP contribution in [0.25, 0.3) is 0 Å². The first-order chi connectivity index (χ1) is 12.2. The second-order valence-electron chi connectivity index (χ2n) is 7.72. The summed E-state index contributed by atoms with van der Waals surface area (Å²) >= 11 is 0. The second kappa shape index (κ2) is 8.21. The highest BCUT2D eigenvalue weighted by atomic mass is 16.2. The van der Waals surface area contributed by atoms with Gasteiger partial charge >= 0.3 is 6.03 Å². The molecule has 1 aliphatic heterocycles. The zero-order valence-electron chi connectivity index (χ0n) is 15.7. The molecule has 0 atom stereocenters. The molecule has 0 radical (unpaired) electrons. The average molecular weight is 360 g/mol. The zero-order valence-corrected chi connectivity index (χ0v) is 15.7. The van der Waals surface area contributed by atoms with Crippen LogP contribution >= 0.6 is 0 Å². The molecule has 4 amide bonds. The minimum absolute atomic E-state index is 0.0206. The standard InChI is InChI=1S/C19H28N4O3/c1-19(2,3)17(25)23-10-8-14(9-11-23)16(24)21-12-13-4-6-15(7-5-13)22-18(20)26/h4-7,14H,8-12H2,1-3H3,(H,21,24)(H3,20,22,26). The number of urea groups is 1. The summed E-state index contributed by atoms with van der Waals surface area (Å²) in [7, 11) is 0. The summed E-state index contributed by atoms with van der Waals surface area (Å²) in [5.41, 5.74) is 6.23. The molecule has 0 aliphatic carbocycles. The quantitative estimate of drug-likeness (QED) is 0.765. The number of rotatable bonds is 4. The maximum absolute atomic E-state index is 12.4. The van der Waals surface area contributed by atoms with Gasteiger partial charge < -0.3 is 21.3 Å². The Balaban J connectivity index is 1.79. The van der Waals surface area contributed by atoms with Gasteiger partial charge in [-0.15, -0.1) is 0 Å². The van der Waals surface area contributed by atoms with E-state index in [9.17, 15) is 14.4 Å². The number of anilines is 1. The van der Waals surface area contributed by atoms with E-state index in [-0.39, 0.29) is 23.1 Å². The molecule has 7 heteroatoms. The Morgan fingerprint density at radius 3 is 2.19 bits per heavy atom. The van der Waals surface area contributed by atoms with E-state index in [2.05, 4.69) is 10.6 Å². The Kier molecular flexibility index (Phi) is 6.23. The Morgan fingerprint density at radius 2 is 1.69 bits per heavy atom. The summed E-state index contributed by atoms with van der Waals surface area (Å²) in [4.78, 5) is 37.3. The number of nitrogens with two attached hydrogens (primary N) is 1. The van der Waals surface area contributed by atoms with E-state index in [0.717, 1.165) is 5.56 Å². The van der Waals surface area contributed by atoms with E-state index >= 15 is 0 Å². The lowest BCUT2D eigenvalue weighted by Crippen LogP contribution is -2.46. The minimum Gasteiger partial charge on any atom is -0.352 e. The van der Waals surface area contributed by atoms with Crippen LogP contribution in [0, 0.1) is 11.3 Å². The summed E-state index contributed by atoms with van der Waals surface area (Å²) in [6.07, 6.45) is 1.38. The molecule has 0 aromatic heterocycles. The molecule has 26 heavy (non-hydrogen) atoms. The van der Waals surface area contributed by atoms with Crippen molar-refractivity contribution < 1.29 is 14.4 Å². The number of nitrogens with one attached hydrogen (secondary N) is 2. The minimum atomic E-state index is -0.609. The van der Waals surface area contributed by atoms with Gasteiger partial charge in [-0.25, -0.2) is 4.79 Å². The van der Waals surface area contributed by atoms with Crippen molar-refractivity contribution in [3.05, 3.63) is 29.8 Å². The van der Waals surface area contributed by atoms with Crippen LogP contribution in [0.4, 0.5) is 10.5 Å². The third-order valence-electron chi connectivity index (χ3n) is 4.48. The van der Waals surface area contributed by atoms with Crippen molar-refractivity contribution in [2.45, 2.75) is 40.2 Å². The first kappa shape index (κ1) is 19.8. The van der Waals surface area contributed by atoms with Gasteiger partial charge in [0, 0.05) is 36.7 Å². The molecule has 0 saturated carbocycles. The molecule has 1 aromatic rings. The van der Waals surface area contributed by atoms with Crippen LogP contribution in [-0.4, -0.2) is 35.8 Å². The van der Waals surface area contributed by atoms with Gasteiger partial charge in [-0.3, -0.25) is 9.59 Å². The molecule has 4 N–H and O–H groups in total. The molecule has 0 spiro atoms. The molecule has 2 rings (SSSR count). The number of hydrogen-bond donors (Lipinski definition) is 3. The van der Waals surface area contributed by atoms with Crippen molar-refractivity contribution in [3.63, 3.8) is 0 Å². The van der Waals surface area contributed by atoms with Crippen LogP contribution in [0.3, 0.4) is 0 Å². The molecular weight excluding hydrogens is 332 g/mol. The molecule has 1 saturated heterocycles. The Morgan fingerprint density at radius 1 is 1.12 bits per heavy atom. The van der Waals surface area contributed by atoms with Gasteiger partial charge in [-0.05, 0) is 30.5 Å². The van der Waals surface area contributed by atoms with E-state index in [1.807, 2.05) is 37.8 Å². The Labute approximate surface area is 154 Å². The maximum Gasteiger partial charge on any atom is 0.316 e. The lowest BCUT2D eigenvalue weighted by Gasteiger charge is -2.35.